The predicted molar refractivity (Wildman–Crippen MR) is 132 cm³/mol. The van der Waals surface area contributed by atoms with E-state index in [9.17, 15) is 18.0 Å². The van der Waals surface area contributed by atoms with Crippen molar-refractivity contribution in [2.24, 2.45) is 0 Å². The molecule has 3 atom stereocenters. The number of carbonyl (C=O) groups is 2. The Balaban J connectivity index is 0.000000479. The van der Waals surface area contributed by atoms with Crippen LogP contribution in [-0.2, 0) is 9.59 Å². The zero-order valence-corrected chi connectivity index (χ0v) is 20.3. The third kappa shape index (κ3) is 7.78. The van der Waals surface area contributed by atoms with Gasteiger partial charge in [0.2, 0.25) is 5.91 Å². The van der Waals surface area contributed by atoms with Gasteiger partial charge in [0, 0.05) is 30.4 Å². The average molecular weight is 516 g/mol. The van der Waals surface area contributed by atoms with Gasteiger partial charge in [-0.15, -0.1) is 0 Å². The lowest BCUT2D eigenvalue weighted by atomic mass is 10.00. The third-order valence-electron chi connectivity index (χ3n) is 5.84. The summed E-state index contributed by atoms with van der Waals surface area (Å²) >= 11 is 0. The Bertz CT molecular complexity index is 1190. The number of carboxylic acid groups (broad SMARTS) is 1. The van der Waals surface area contributed by atoms with Crippen molar-refractivity contribution < 1.29 is 32.6 Å². The molecule has 1 aliphatic heterocycles. The Morgan fingerprint density at radius 1 is 1.00 bits per heavy atom. The number of benzene rings is 2. The number of nitrogens with one attached hydrogen (secondary N) is 2. The van der Waals surface area contributed by atoms with Gasteiger partial charge in [0.15, 0.2) is 0 Å². The number of aromatic nitrogens is 1. The first-order valence-electron chi connectivity index (χ1n) is 11.6. The summed E-state index contributed by atoms with van der Waals surface area (Å²) in [7, 11) is 0. The molecule has 37 heavy (non-hydrogen) atoms. The third-order valence-corrected chi connectivity index (χ3v) is 5.84. The van der Waals surface area contributed by atoms with Crippen LogP contribution < -0.4 is 15.4 Å². The van der Waals surface area contributed by atoms with Gasteiger partial charge in [0.05, 0.1) is 18.7 Å². The van der Waals surface area contributed by atoms with E-state index in [0.29, 0.717) is 6.61 Å². The number of pyridine rings is 1. The van der Waals surface area contributed by atoms with Crippen LogP contribution in [0.3, 0.4) is 0 Å². The Kier molecular flexibility index (Phi) is 9.24. The topological polar surface area (TPSA) is 101 Å². The molecular weight excluding hydrogens is 487 g/mol. The number of halogens is 3. The van der Waals surface area contributed by atoms with Crippen molar-refractivity contribution in [2.45, 2.75) is 44.6 Å². The second kappa shape index (κ2) is 12.4. The number of nitrogens with zero attached hydrogens (tertiary/aromatic N) is 1. The Morgan fingerprint density at radius 3 is 2.22 bits per heavy atom. The maximum Gasteiger partial charge on any atom is 0.490 e. The van der Waals surface area contributed by atoms with Crippen molar-refractivity contribution in [1.82, 2.24) is 15.6 Å². The molecule has 0 bridgehead atoms. The summed E-state index contributed by atoms with van der Waals surface area (Å²) in [5.74, 6) is -1.90. The zero-order valence-electron chi connectivity index (χ0n) is 20.3. The summed E-state index contributed by atoms with van der Waals surface area (Å²) in [4.78, 5) is 25.8. The predicted octanol–water partition coefficient (Wildman–Crippen LogP) is 5.06. The minimum atomic E-state index is -5.08. The fraction of sp³-hybridized carbons (Fsp3) is 0.296. The lowest BCUT2D eigenvalue weighted by Gasteiger charge is -2.28. The number of hydrogen-bond acceptors (Lipinski definition) is 5. The molecule has 2 aromatic carbocycles. The van der Waals surface area contributed by atoms with Crippen LogP contribution in [0, 0.1) is 0 Å². The van der Waals surface area contributed by atoms with Crippen LogP contribution in [0.25, 0.3) is 11.1 Å². The van der Waals surface area contributed by atoms with E-state index in [1.54, 1.807) is 12.4 Å². The van der Waals surface area contributed by atoms with Crippen molar-refractivity contribution in [3.05, 3.63) is 84.2 Å². The van der Waals surface area contributed by atoms with Gasteiger partial charge in [-0.2, -0.15) is 13.2 Å². The molecule has 1 aromatic heterocycles. The van der Waals surface area contributed by atoms with Gasteiger partial charge in [0.1, 0.15) is 5.75 Å². The molecule has 10 heteroatoms. The molecule has 1 aliphatic rings. The van der Waals surface area contributed by atoms with Gasteiger partial charge in [-0.25, -0.2) is 4.79 Å². The van der Waals surface area contributed by atoms with E-state index in [-0.39, 0.29) is 24.0 Å². The highest BCUT2D eigenvalue weighted by molar-refractivity contribution is 5.82. The van der Waals surface area contributed by atoms with Gasteiger partial charge in [-0.05, 0) is 48.7 Å². The number of fused-ring (bicyclic) bond motifs is 1. The quantitative estimate of drug-likeness (QED) is 0.424. The minimum Gasteiger partial charge on any atom is -0.493 e. The molecule has 0 aliphatic carbocycles. The van der Waals surface area contributed by atoms with Gasteiger partial charge in [0.25, 0.3) is 0 Å². The number of ether oxygens (including phenoxy) is 1. The second-order valence-electron chi connectivity index (χ2n) is 8.51. The van der Waals surface area contributed by atoms with Crippen LogP contribution in [0.1, 0.15) is 43.5 Å². The zero-order chi connectivity index (χ0) is 27.0. The molecule has 0 radical (unpaired) electrons. The summed E-state index contributed by atoms with van der Waals surface area (Å²) in [6, 6.07) is 20.0. The van der Waals surface area contributed by atoms with Crippen LogP contribution in [0.2, 0.25) is 0 Å². The van der Waals surface area contributed by atoms with E-state index in [2.05, 4.69) is 46.8 Å². The Hall–Kier alpha value is -3.92. The molecule has 3 N–H and O–H groups in total. The molecule has 0 fully saturated rings. The molecule has 196 valence electrons. The van der Waals surface area contributed by atoms with E-state index >= 15 is 0 Å². The SMILES string of the molecule is CC(NC(C)c1ccc(-c2ccncc2)cc1)C(=O)NC1CCOc2ccccc21.O=C(O)C(F)(F)F. The van der Waals surface area contributed by atoms with E-state index in [0.717, 1.165) is 34.4 Å². The summed E-state index contributed by atoms with van der Waals surface area (Å²) in [5, 5.41) is 13.7. The number of carboxylic acids is 1. The molecule has 0 spiro atoms. The molecular formula is C27H28F3N3O4. The lowest BCUT2D eigenvalue weighted by molar-refractivity contribution is -0.192. The van der Waals surface area contributed by atoms with Crippen molar-refractivity contribution >= 4 is 11.9 Å². The van der Waals surface area contributed by atoms with Crippen molar-refractivity contribution in [3.8, 4) is 16.9 Å². The van der Waals surface area contributed by atoms with E-state index in [4.69, 9.17) is 14.6 Å². The number of aliphatic carboxylic acids is 1. The largest absolute Gasteiger partial charge is 0.493 e. The molecule has 3 unspecified atom stereocenters. The maximum absolute atomic E-state index is 12.8. The molecule has 4 rings (SSSR count). The highest BCUT2D eigenvalue weighted by atomic mass is 19.4. The fourth-order valence-electron chi connectivity index (χ4n) is 3.84. The molecule has 3 aromatic rings. The fourth-order valence-corrected chi connectivity index (χ4v) is 3.84. The van der Waals surface area contributed by atoms with Gasteiger partial charge >= 0.3 is 12.1 Å². The van der Waals surface area contributed by atoms with Gasteiger partial charge < -0.3 is 15.2 Å². The monoisotopic (exact) mass is 515 g/mol. The molecule has 7 nitrogen and oxygen atoms in total. The lowest BCUT2D eigenvalue weighted by Crippen LogP contribution is -2.45. The first-order chi connectivity index (χ1) is 17.6. The summed E-state index contributed by atoms with van der Waals surface area (Å²) in [6.45, 7) is 4.60. The normalized spacial score (nSPS) is 16.2. The van der Waals surface area contributed by atoms with E-state index in [1.807, 2.05) is 43.3 Å². The first kappa shape index (κ1) is 27.7. The van der Waals surface area contributed by atoms with Crippen molar-refractivity contribution in [2.75, 3.05) is 6.61 Å². The first-order valence-corrected chi connectivity index (χ1v) is 11.6. The minimum absolute atomic E-state index is 0.00282. The van der Waals surface area contributed by atoms with E-state index < -0.39 is 12.1 Å². The van der Waals surface area contributed by atoms with Crippen LogP contribution in [0.4, 0.5) is 13.2 Å². The van der Waals surface area contributed by atoms with Gasteiger partial charge in [-0.1, -0.05) is 42.5 Å². The van der Waals surface area contributed by atoms with Crippen molar-refractivity contribution in [3.63, 3.8) is 0 Å². The maximum atomic E-state index is 12.8. The number of hydrogen-bond donors (Lipinski definition) is 3. The number of amides is 1. The number of carbonyl (C=O) groups excluding carboxylic acids is 1. The Labute approximate surface area is 212 Å². The summed E-state index contributed by atoms with van der Waals surface area (Å²) in [5.41, 5.74) is 4.48. The number of rotatable bonds is 6. The summed E-state index contributed by atoms with van der Waals surface area (Å²) < 4.78 is 37.4. The molecule has 0 saturated heterocycles. The highest BCUT2D eigenvalue weighted by Crippen LogP contribution is 2.31. The van der Waals surface area contributed by atoms with Crippen molar-refractivity contribution in [1.29, 1.82) is 0 Å². The smallest absolute Gasteiger partial charge is 0.490 e. The van der Waals surface area contributed by atoms with E-state index in [1.165, 1.54) is 0 Å². The Morgan fingerprint density at radius 2 is 1.59 bits per heavy atom. The highest BCUT2D eigenvalue weighted by Gasteiger charge is 2.38. The van der Waals surface area contributed by atoms with Crippen LogP contribution in [0.15, 0.2) is 73.1 Å². The summed E-state index contributed by atoms with van der Waals surface area (Å²) in [6.07, 6.45) is -0.712. The number of alkyl halides is 3. The van der Waals surface area contributed by atoms with Gasteiger partial charge in [-0.3, -0.25) is 15.1 Å². The second-order valence-corrected chi connectivity index (χ2v) is 8.51. The van der Waals surface area contributed by atoms with Crippen LogP contribution in [0.5, 0.6) is 5.75 Å². The van der Waals surface area contributed by atoms with Crippen LogP contribution in [-0.4, -0.2) is 40.8 Å². The standard InChI is InChI=1S/C25H27N3O2.C2HF3O2/c1-17(19-7-9-20(10-8-19)21-11-14-26-15-12-21)27-18(2)25(29)28-23-13-16-30-24-6-4-3-5-22(23)24;3-2(4,5)1(6)7/h3-12,14-15,17-18,23,27H,13,16H2,1-2H3,(H,28,29);(H,6,7). The molecule has 1 amide bonds. The molecule has 2 heterocycles. The average Bonchev–Trinajstić information content (AvgIpc) is 2.89. The van der Waals surface area contributed by atoms with Crippen LogP contribution >= 0.6 is 0 Å². The molecule has 0 saturated carbocycles. The number of para-hydroxylation sites is 1.